The van der Waals surface area contributed by atoms with E-state index >= 15 is 0 Å². The van der Waals surface area contributed by atoms with Crippen LogP contribution in [0.1, 0.15) is 6.42 Å². The number of nitrogens with zero attached hydrogens (tertiary/aromatic N) is 1. The number of halogens is 1. The first-order valence-electron chi connectivity index (χ1n) is 6.88. The fourth-order valence-corrected chi connectivity index (χ4v) is 2.64. The zero-order valence-electron chi connectivity index (χ0n) is 11.4. The molecule has 1 unspecified atom stereocenters. The standard InChI is InChI=1S/C15H16ClN3O2/c16-12-3-4-13(11-2-1-5-18-15(11)12)19-14(20)8-10-9-21-7-6-17-10/h1-5,10,17H,6-9H2,(H,19,20). The normalized spacial score (nSPS) is 18.6. The Morgan fingerprint density at radius 3 is 3.19 bits per heavy atom. The molecule has 0 radical (unpaired) electrons. The Balaban J connectivity index is 1.75. The Labute approximate surface area is 127 Å². The summed E-state index contributed by atoms with van der Waals surface area (Å²) in [6.07, 6.45) is 2.06. The SMILES string of the molecule is O=C(CC1COCCN1)Nc1ccc(Cl)c2ncccc12. The lowest BCUT2D eigenvalue weighted by molar-refractivity contribution is -0.117. The van der Waals surface area contributed by atoms with Gasteiger partial charge in [0.15, 0.2) is 0 Å². The molecule has 1 saturated heterocycles. The number of fused-ring (bicyclic) bond motifs is 1. The molecule has 5 nitrogen and oxygen atoms in total. The molecule has 0 saturated carbocycles. The van der Waals surface area contributed by atoms with Crippen LogP contribution in [0.3, 0.4) is 0 Å². The molecular weight excluding hydrogens is 290 g/mol. The molecule has 1 atom stereocenters. The average Bonchev–Trinajstić information content (AvgIpc) is 2.51. The zero-order valence-corrected chi connectivity index (χ0v) is 12.2. The Bertz CT molecular complexity index is 656. The summed E-state index contributed by atoms with van der Waals surface area (Å²) in [5, 5.41) is 7.60. The van der Waals surface area contributed by atoms with E-state index in [1.54, 1.807) is 18.3 Å². The molecule has 2 heterocycles. The Kier molecular flexibility index (Phi) is 4.34. The first-order chi connectivity index (χ1) is 10.2. The van der Waals surface area contributed by atoms with Crippen LogP contribution >= 0.6 is 11.6 Å². The van der Waals surface area contributed by atoms with Crippen LogP contribution in [0, 0.1) is 0 Å². The van der Waals surface area contributed by atoms with Gasteiger partial charge in [-0.1, -0.05) is 11.6 Å². The maximum absolute atomic E-state index is 12.1. The van der Waals surface area contributed by atoms with Crippen LogP contribution in [0.4, 0.5) is 5.69 Å². The number of hydrogen-bond donors (Lipinski definition) is 2. The second kappa shape index (κ2) is 6.39. The van der Waals surface area contributed by atoms with Gasteiger partial charge in [-0.05, 0) is 24.3 Å². The highest BCUT2D eigenvalue weighted by molar-refractivity contribution is 6.35. The molecular formula is C15H16ClN3O2. The number of aromatic nitrogens is 1. The molecule has 2 aromatic rings. The molecule has 1 aliphatic rings. The summed E-state index contributed by atoms with van der Waals surface area (Å²) in [5.74, 6) is -0.0505. The van der Waals surface area contributed by atoms with Crippen LogP contribution in [0.5, 0.6) is 0 Å². The summed E-state index contributed by atoms with van der Waals surface area (Å²) in [7, 11) is 0. The Hall–Kier alpha value is -1.69. The minimum atomic E-state index is -0.0505. The van der Waals surface area contributed by atoms with E-state index in [9.17, 15) is 4.79 Å². The molecule has 1 aliphatic heterocycles. The first kappa shape index (κ1) is 14.3. The number of pyridine rings is 1. The number of carbonyl (C=O) groups is 1. The van der Waals surface area contributed by atoms with Crippen LogP contribution in [-0.2, 0) is 9.53 Å². The van der Waals surface area contributed by atoms with E-state index in [0.29, 0.717) is 30.2 Å². The van der Waals surface area contributed by atoms with Crippen molar-refractivity contribution in [3.8, 4) is 0 Å². The highest BCUT2D eigenvalue weighted by Gasteiger charge is 2.17. The summed E-state index contributed by atoms with van der Waals surface area (Å²) in [6.45, 7) is 2.05. The van der Waals surface area contributed by atoms with Crippen LogP contribution in [0.15, 0.2) is 30.5 Å². The summed E-state index contributed by atoms with van der Waals surface area (Å²) in [5.41, 5.74) is 1.42. The van der Waals surface area contributed by atoms with Gasteiger partial charge < -0.3 is 15.4 Å². The van der Waals surface area contributed by atoms with Crippen LogP contribution in [0.2, 0.25) is 5.02 Å². The minimum Gasteiger partial charge on any atom is -0.378 e. The molecule has 2 N–H and O–H groups in total. The number of carbonyl (C=O) groups excluding carboxylic acids is 1. The lowest BCUT2D eigenvalue weighted by Crippen LogP contribution is -2.43. The molecule has 1 amide bonds. The molecule has 1 aromatic carbocycles. The fraction of sp³-hybridized carbons (Fsp3) is 0.333. The van der Waals surface area contributed by atoms with Gasteiger partial charge in [-0.2, -0.15) is 0 Å². The summed E-state index contributed by atoms with van der Waals surface area (Å²) < 4.78 is 5.35. The van der Waals surface area contributed by atoms with Crippen LogP contribution < -0.4 is 10.6 Å². The van der Waals surface area contributed by atoms with Gasteiger partial charge in [0.2, 0.25) is 5.91 Å². The van der Waals surface area contributed by atoms with E-state index in [1.165, 1.54) is 0 Å². The van der Waals surface area contributed by atoms with Crippen molar-refractivity contribution in [1.29, 1.82) is 0 Å². The number of hydrogen-bond acceptors (Lipinski definition) is 4. The van der Waals surface area contributed by atoms with E-state index < -0.39 is 0 Å². The van der Waals surface area contributed by atoms with Crippen molar-refractivity contribution in [1.82, 2.24) is 10.3 Å². The number of nitrogens with one attached hydrogen (secondary N) is 2. The summed E-state index contributed by atoms with van der Waals surface area (Å²) in [4.78, 5) is 16.4. The number of morpholine rings is 1. The van der Waals surface area contributed by atoms with Crippen LogP contribution in [-0.4, -0.2) is 36.7 Å². The maximum atomic E-state index is 12.1. The van der Waals surface area contributed by atoms with E-state index in [-0.39, 0.29) is 11.9 Å². The summed E-state index contributed by atoms with van der Waals surface area (Å²) in [6, 6.07) is 7.33. The van der Waals surface area contributed by atoms with E-state index in [4.69, 9.17) is 16.3 Å². The van der Waals surface area contributed by atoms with Gasteiger partial charge in [0.25, 0.3) is 0 Å². The third-order valence-electron chi connectivity index (χ3n) is 3.42. The topological polar surface area (TPSA) is 63.2 Å². The second-order valence-corrected chi connectivity index (χ2v) is 5.38. The van der Waals surface area contributed by atoms with Crippen LogP contribution in [0.25, 0.3) is 10.9 Å². The van der Waals surface area contributed by atoms with Crippen molar-refractivity contribution in [2.75, 3.05) is 25.1 Å². The van der Waals surface area contributed by atoms with Gasteiger partial charge in [-0.3, -0.25) is 9.78 Å². The highest BCUT2D eigenvalue weighted by Crippen LogP contribution is 2.28. The van der Waals surface area contributed by atoms with Crippen molar-refractivity contribution in [3.63, 3.8) is 0 Å². The molecule has 3 rings (SSSR count). The van der Waals surface area contributed by atoms with Gasteiger partial charge in [0.05, 0.1) is 29.4 Å². The minimum absolute atomic E-state index is 0.0505. The van der Waals surface area contributed by atoms with Gasteiger partial charge in [0.1, 0.15) is 0 Å². The van der Waals surface area contributed by atoms with Crippen molar-refractivity contribution in [3.05, 3.63) is 35.5 Å². The largest absolute Gasteiger partial charge is 0.378 e. The Morgan fingerprint density at radius 1 is 1.48 bits per heavy atom. The van der Waals surface area contributed by atoms with Gasteiger partial charge >= 0.3 is 0 Å². The number of anilines is 1. The van der Waals surface area contributed by atoms with E-state index in [2.05, 4.69) is 15.6 Å². The van der Waals surface area contributed by atoms with Gasteiger partial charge in [-0.15, -0.1) is 0 Å². The van der Waals surface area contributed by atoms with Crippen molar-refractivity contribution in [2.45, 2.75) is 12.5 Å². The number of amides is 1. The van der Waals surface area contributed by atoms with Gasteiger partial charge in [-0.25, -0.2) is 0 Å². The quantitative estimate of drug-likeness (QED) is 0.912. The van der Waals surface area contributed by atoms with Crippen molar-refractivity contribution in [2.24, 2.45) is 0 Å². The third kappa shape index (κ3) is 3.32. The molecule has 0 spiro atoms. The number of benzene rings is 1. The lowest BCUT2D eigenvalue weighted by atomic mass is 10.1. The fourth-order valence-electron chi connectivity index (χ4n) is 2.42. The number of ether oxygens (including phenoxy) is 1. The maximum Gasteiger partial charge on any atom is 0.226 e. The molecule has 6 heteroatoms. The van der Waals surface area contributed by atoms with Gasteiger partial charge in [0, 0.05) is 30.6 Å². The third-order valence-corrected chi connectivity index (χ3v) is 3.73. The van der Waals surface area contributed by atoms with E-state index in [1.807, 2.05) is 12.1 Å². The zero-order chi connectivity index (χ0) is 14.7. The average molecular weight is 306 g/mol. The molecule has 0 aliphatic carbocycles. The highest BCUT2D eigenvalue weighted by atomic mass is 35.5. The van der Waals surface area contributed by atoms with Crippen molar-refractivity contribution < 1.29 is 9.53 Å². The smallest absolute Gasteiger partial charge is 0.226 e. The second-order valence-electron chi connectivity index (χ2n) is 4.97. The molecule has 0 bridgehead atoms. The molecule has 21 heavy (non-hydrogen) atoms. The van der Waals surface area contributed by atoms with E-state index in [0.717, 1.165) is 17.6 Å². The molecule has 1 aromatic heterocycles. The monoisotopic (exact) mass is 305 g/mol. The predicted octanol–water partition coefficient (Wildman–Crippen LogP) is 2.21. The van der Waals surface area contributed by atoms with Crippen molar-refractivity contribution >= 4 is 34.1 Å². The molecule has 1 fully saturated rings. The number of rotatable bonds is 3. The lowest BCUT2D eigenvalue weighted by Gasteiger charge is -2.23. The first-order valence-corrected chi connectivity index (χ1v) is 7.26. The predicted molar refractivity (Wildman–Crippen MR) is 82.6 cm³/mol. The summed E-state index contributed by atoms with van der Waals surface area (Å²) >= 11 is 6.12. The Morgan fingerprint density at radius 2 is 2.38 bits per heavy atom. The molecule has 110 valence electrons.